The van der Waals surface area contributed by atoms with Crippen LogP contribution >= 0.6 is 0 Å². The predicted molar refractivity (Wildman–Crippen MR) is 190 cm³/mol. The van der Waals surface area contributed by atoms with Gasteiger partial charge in [-0.2, -0.15) is 0 Å². The minimum absolute atomic E-state index is 0.0333. The van der Waals surface area contributed by atoms with E-state index >= 15 is 0 Å². The molecular formula is C35H48N6O7S. The number of para-hydroxylation sites is 1. The van der Waals surface area contributed by atoms with Crippen LogP contribution in [-0.4, -0.2) is 110 Å². The van der Waals surface area contributed by atoms with Crippen LogP contribution in [-0.2, 0) is 33.8 Å². The van der Waals surface area contributed by atoms with Gasteiger partial charge in [-0.1, -0.05) is 39.0 Å². The molecule has 1 unspecified atom stereocenters. The number of sulfonamides is 1. The number of piperidine rings is 1. The Morgan fingerprint density at radius 2 is 1.73 bits per heavy atom. The monoisotopic (exact) mass is 696 g/mol. The molecule has 0 bridgehead atoms. The van der Waals surface area contributed by atoms with E-state index in [1.54, 1.807) is 17.7 Å². The fraction of sp³-hybridized carbons (Fsp3) is 0.514. The van der Waals surface area contributed by atoms with Crippen molar-refractivity contribution in [2.45, 2.75) is 45.6 Å². The second-order valence-corrected chi connectivity index (χ2v) is 16.1. The molecule has 14 heteroatoms. The van der Waals surface area contributed by atoms with Gasteiger partial charge in [0.25, 0.3) is 5.91 Å². The second kappa shape index (κ2) is 13.6. The molecule has 2 aliphatic heterocycles. The van der Waals surface area contributed by atoms with Crippen molar-refractivity contribution in [2.75, 3.05) is 64.4 Å². The molecule has 2 saturated heterocycles. The number of methoxy groups -OCH3 is 1. The number of nitrogens with zero attached hydrogens (tertiary/aromatic N) is 4. The Hall–Kier alpha value is -4.14. The van der Waals surface area contributed by atoms with Crippen LogP contribution in [0.5, 0.6) is 5.75 Å². The van der Waals surface area contributed by atoms with Crippen molar-refractivity contribution in [2.24, 2.45) is 18.7 Å². The summed E-state index contributed by atoms with van der Waals surface area (Å²) in [5.74, 6) is -1.87. The lowest BCUT2D eigenvalue weighted by Crippen LogP contribution is -2.52. The summed E-state index contributed by atoms with van der Waals surface area (Å²) in [5, 5.41) is 11.3. The topological polar surface area (TPSA) is 168 Å². The van der Waals surface area contributed by atoms with E-state index < -0.39 is 27.3 Å². The van der Waals surface area contributed by atoms with Crippen LogP contribution in [0, 0.1) is 5.92 Å². The number of primary amides is 1. The lowest BCUT2D eigenvalue weighted by molar-refractivity contribution is -0.139. The average molecular weight is 697 g/mol. The lowest BCUT2D eigenvalue weighted by Gasteiger charge is -2.38. The van der Waals surface area contributed by atoms with Gasteiger partial charge in [0.2, 0.25) is 15.9 Å². The first-order valence-electron chi connectivity index (χ1n) is 16.5. The molecule has 2 aromatic carbocycles. The van der Waals surface area contributed by atoms with E-state index in [2.05, 4.69) is 21.6 Å². The van der Waals surface area contributed by atoms with Crippen molar-refractivity contribution in [3.63, 3.8) is 0 Å². The number of hydrogen-bond acceptors (Lipinski definition) is 8. The molecule has 3 heterocycles. The molecule has 0 radical (unpaired) electrons. The number of aromatic carboxylic acids is 1. The third kappa shape index (κ3) is 7.26. The lowest BCUT2D eigenvalue weighted by atomic mass is 9.79. The molecule has 2 fully saturated rings. The van der Waals surface area contributed by atoms with E-state index in [4.69, 9.17) is 10.5 Å². The van der Waals surface area contributed by atoms with Gasteiger partial charge in [-0.3, -0.25) is 19.2 Å². The third-order valence-electron chi connectivity index (χ3n) is 9.65. The van der Waals surface area contributed by atoms with Crippen LogP contribution in [0.15, 0.2) is 24.3 Å². The first-order valence-corrected chi connectivity index (χ1v) is 18.4. The van der Waals surface area contributed by atoms with Crippen molar-refractivity contribution >= 4 is 44.4 Å². The minimum atomic E-state index is -3.95. The van der Waals surface area contributed by atoms with Crippen LogP contribution in [0.1, 0.15) is 65.6 Å². The van der Waals surface area contributed by atoms with Crippen molar-refractivity contribution in [1.82, 2.24) is 19.3 Å². The predicted octanol–water partition coefficient (Wildman–Crippen LogP) is 3.31. The van der Waals surface area contributed by atoms with Gasteiger partial charge in [-0.05, 0) is 49.0 Å². The molecule has 0 aliphatic carbocycles. The fourth-order valence-corrected chi connectivity index (χ4v) is 7.98. The Morgan fingerprint density at radius 3 is 2.29 bits per heavy atom. The number of aromatic nitrogens is 1. The zero-order chi connectivity index (χ0) is 36.0. The second-order valence-electron chi connectivity index (χ2n) is 14.3. The summed E-state index contributed by atoms with van der Waals surface area (Å²) in [7, 11) is 1.10. The number of rotatable bonds is 9. The number of anilines is 1. The Kier molecular flexibility index (Phi) is 10.1. The summed E-state index contributed by atoms with van der Waals surface area (Å²) in [6.45, 7) is 10.6. The molecule has 2 amide bonds. The van der Waals surface area contributed by atoms with Gasteiger partial charge in [-0.25, -0.2) is 13.2 Å². The number of amides is 2. The van der Waals surface area contributed by atoms with Gasteiger partial charge in [0.1, 0.15) is 5.69 Å². The van der Waals surface area contributed by atoms with Crippen molar-refractivity contribution in [3.8, 4) is 16.9 Å². The maximum absolute atomic E-state index is 13.3. The van der Waals surface area contributed by atoms with Crippen LogP contribution < -0.4 is 15.2 Å². The summed E-state index contributed by atoms with van der Waals surface area (Å²) < 4.78 is 35.3. The maximum Gasteiger partial charge on any atom is 0.353 e. The van der Waals surface area contributed by atoms with E-state index in [1.165, 1.54) is 7.11 Å². The van der Waals surface area contributed by atoms with Crippen LogP contribution in [0.3, 0.4) is 0 Å². The SMILES string of the molecule is COc1c(C(N)=O)cc(C(C)(C)C)c(-c2c(C(=O)O)n(C)c3c(CN4CCN(C(=O)C5CCCN(C)C5)CC4)cccc23)c1NS(C)(=O)=O. The average Bonchev–Trinajstić information content (AvgIpc) is 3.32. The van der Waals surface area contributed by atoms with Gasteiger partial charge >= 0.3 is 5.97 Å². The van der Waals surface area contributed by atoms with Crippen molar-refractivity contribution in [1.29, 1.82) is 0 Å². The highest BCUT2D eigenvalue weighted by Gasteiger charge is 2.35. The van der Waals surface area contributed by atoms with Gasteiger partial charge in [0.05, 0.1) is 36.1 Å². The molecule has 13 nitrogen and oxygen atoms in total. The number of carboxylic acids is 1. The number of fused-ring (bicyclic) bond motifs is 1. The number of nitrogens with two attached hydrogens (primary N) is 1. The number of likely N-dealkylation sites (tertiary alicyclic amines) is 1. The highest BCUT2D eigenvalue weighted by atomic mass is 32.2. The summed E-state index contributed by atoms with van der Waals surface area (Å²) in [6.07, 6.45) is 2.92. The summed E-state index contributed by atoms with van der Waals surface area (Å²) >= 11 is 0. The van der Waals surface area contributed by atoms with Crippen LogP contribution in [0.4, 0.5) is 5.69 Å². The molecular weight excluding hydrogens is 648 g/mol. The van der Waals surface area contributed by atoms with E-state index in [0.29, 0.717) is 60.3 Å². The Bertz CT molecular complexity index is 1910. The zero-order valence-electron chi connectivity index (χ0n) is 29.4. The van der Waals surface area contributed by atoms with Crippen molar-refractivity contribution < 1.29 is 32.6 Å². The molecule has 2 aliphatic rings. The number of carbonyl (C=O) groups excluding carboxylic acids is 2. The normalized spacial score (nSPS) is 18.1. The Balaban J connectivity index is 1.63. The smallest absolute Gasteiger partial charge is 0.353 e. The molecule has 5 rings (SSSR count). The van der Waals surface area contributed by atoms with Crippen LogP contribution in [0.25, 0.3) is 22.0 Å². The highest BCUT2D eigenvalue weighted by Crippen LogP contribution is 2.49. The molecule has 4 N–H and O–H groups in total. The summed E-state index contributed by atoms with van der Waals surface area (Å²) in [4.78, 5) is 45.5. The first-order chi connectivity index (χ1) is 22.9. The number of piperazine rings is 1. The summed E-state index contributed by atoms with van der Waals surface area (Å²) in [5.41, 5.74) is 7.58. The van der Waals surface area contributed by atoms with Gasteiger partial charge in [-0.15, -0.1) is 0 Å². The zero-order valence-corrected chi connectivity index (χ0v) is 30.2. The van der Waals surface area contributed by atoms with Gasteiger partial charge < -0.3 is 29.9 Å². The van der Waals surface area contributed by atoms with E-state index in [-0.39, 0.29) is 34.5 Å². The third-order valence-corrected chi connectivity index (χ3v) is 10.2. The number of hydrogen-bond donors (Lipinski definition) is 3. The Morgan fingerprint density at radius 1 is 1.06 bits per heavy atom. The number of carboxylic acid groups (broad SMARTS) is 1. The number of ether oxygens (including phenoxy) is 1. The Labute approximate surface area is 288 Å². The first kappa shape index (κ1) is 36.1. The maximum atomic E-state index is 13.3. The van der Waals surface area contributed by atoms with Gasteiger partial charge in [0.15, 0.2) is 5.75 Å². The molecule has 3 aromatic rings. The number of aryl methyl sites for hydroxylation is 1. The number of benzene rings is 2. The standard InChI is InChI=1S/C35H48N6O7S/c1-35(2,3)25-18-24(32(36)42)31(48-6)28(37-49(7,46)47)27(25)26-23-12-8-10-21(29(23)39(5)30(26)34(44)45)20-40-14-16-41(17-15-40)33(43)22-11-9-13-38(4)19-22/h8,10,12,18,22,37H,9,11,13-17,19-20H2,1-7H3,(H2,36,42)(H,44,45). The molecule has 1 atom stereocenters. The molecule has 266 valence electrons. The summed E-state index contributed by atoms with van der Waals surface area (Å²) in [6, 6.07) is 7.21. The molecule has 49 heavy (non-hydrogen) atoms. The van der Waals surface area contributed by atoms with Crippen molar-refractivity contribution in [3.05, 3.63) is 46.6 Å². The molecule has 1 aromatic heterocycles. The number of carbonyl (C=O) groups is 3. The quantitative estimate of drug-likeness (QED) is 0.304. The van der Waals surface area contributed by atoms with E-state index in [1.807, 2.05) is 43.9 Å². The largest absolute Gasteiger partial charge is 0.494 e. The highest BCUT2D eigenvalue weighted by molar-refractivity contribution is 7.92. The van der Waals surface area contributed by atoms with E-state index in [9.17, 15) is 27.9 Å². The fourth-order valence-electron chi connectivity index (χ4n) is 7.41. The van der Waals surface area contributed by atoms with E-state index in [0.717, 1.165) is 37.8 Å². The van der Waals surface area contributed by atoms with Crippen LogP contribution in [0.2, 0.25) is 0 Å². The van der Waals surface area contributed by atoms with Gasteiger partial charge in [0, 0.05) is 62.8 Å². The molecule has 0 spiro atoms. The number of nitrogens with one attached hydrogen (secondary N) is 1. The molecule has 0 saturated carbocycles. The minimum Gasteiger partial charge on any atom is -0.494 e.